The van der Waals surface area contributed by atoms with E-state index in [1.54, 1.807) is 24.7 Å². The summed E-state index contributed by atoms with van der Waals surface area (Å²) >= 11 is 0. The van der Waals surface area contributed by atoms with Crippen LogP contribution in [0.25, 0.3) is 5.78 Å². The van der Waals surface area contributed by atoms with E-state index in [2.05, 4.69) is 24.8 Å². The number of rotatable bonds is 2. The first-order valence-corrected chi connectivity index (χ1v) is 7.85. The summed E-state index contributed by atoms with van der Waals surface area (Å²) in [7, 11) is 0. The summed E-state index contributed by atoms with van der Waals surface area (Å²) in [5.74, 6) is 2.24. The molecule has 0 saturated carbocycles. The minimum absolute atomic E-state index is 0.0596. The third-order valence-electron chi connectivity index (χ3n) is 4.33. The van der Waals surface area contributed by atoms with Crippen molar-refractivity contribution in [2.24, 2.45) is 0 Å². The molecule has 1 aliphatic rings. The van der Waals surface area contributed by atoms with Crippen LogP contribution in [0.15, 0.2) is 35.5 Å². The smallest absolute Gasteiger partial charge is 0.259 e. The third kappa shape index (κ3) is 2.48. The molecule has 7 heteroatoms. The molecular formula is C16H18N6O. The summed E-state index contributed by atoms with van der Waals surface area (Å²) in [5, 5.41) is 0. The first kappa shape index (κ1) is 13.9. The predicted octanol–water partition coefficient (Wildman–Crippen LogP) is 1.85. The molecular weight excluding hydrogens is 292 g/mol. The molecule has 0 radical (unpaired) electrons. The van der Waals surface area contributed by atoms with Crippen LogP contribution in [0, 0.1) is 6.92 Å². The molecule has 0 spiro atoms. The van der Waals surface area contributed by atoms with Crippen LogP contribution in [-0.2, 0) is 0 Å². The van der Waals surface area contributed by atoms with Gasteiger partial charge in [0.25, 0.3) is 5.56 Å². The van der Waals surface area contributed by atoms with E-state index >= 15 is 0 Å². The number of aromatic nitrogens is 5. The maximum absolute atomic E-state index is 12.3. The molecule has 1 aliphatic heterocycles. The maximum Gasteiger partial charge on any atom is 0.259 e. The Labute approximate surface area is 133 Å². The molecule has 1 unspecified atom stereocenters. The van der Waals surface area contributed by atoms with Crippen molar-refractivity contribution in [3.63, 3.8) is 0 Å². The molecule has 23 heavy (non-hydrogen) atoms. The first-order chi connectivity index (χ1) is 11.2. The van der Waals surface area contributed by atoms with E-state index in [-0.39, 0.29) is 11.6 Å². The molecule has 118 valence electrons. The number of nitrogens with one attached hydrogen (secondary N) is 1. The highest BCUT2D eigenvalue weighted by molar-refractivity contribution is 5.42. The van der Waals surface area contributed by atoms with Crippen molar-refractivity contribution in [2.45, 2.75) is 32.2 Å². The molecule has 1 atom stereocenters. The molecule has 0 amide bonds. The molecule has 1 fully saturated rings. The van der Waals surface area contributed by atoms with E-state index < -0.39 is 0 Å². The minimum atomic E-state index is -0.0596. The van der Waals surface area contributed by atoms with Crippen molar-refractivity contribution in [3.05, 3.63) is 52.6 Å². The van der Waals surface area contributed by atoms with Crippen molar-refractivity contribution in [3.8, 4) is 0 Å². The monoisotopic (exact) mass is 310 g/mol. The Morgan fingerprint density at radius 2 is 2.17 bits per heavy atom. The average molecular weight is 310 g/mol. The van der Waals surface area contributed by atoms with Gasteiger partial charge in [-0.15, -0.1) is 0 Å². The quantitative estimate of drug-likeness (QED) is 0.781. The fraction of sp³-hybridized carbons (Fsp3) is 0.375. The Morgan fingerprint density at radius 3 is 3.04 bits per heavy atom. The summed E-state index contributed by atoms with van der Waals surface area (Å²) in [5.41, 5.74) is 0.834. The number of anilines is 1. The zero-order valence-corrected chi connectivity index (χ0v) is 12.9. The van der Waals surface area contributed by atoms with Crippen LogP contribution < -0.4 is 10.5 Å². The number of aromatic amines is 1. The second-order valence-corrected chi connectivity index (χ2v) is 5.85. The van der Waals surface area contributed by atoms with E-state index in [1.165, 1.54) is 4.40 Å². The van der Waals surface area contributed by atoms with Gasteiger partial charge in [-0.3, -0.25) is 9.20 Å². The lowest BCUT2D eigenvalue weighted by Crippen LogP contribution is -2.35. The molecule has 1 N–H and O–H groups in total. The summed E-state index contributed by atoms with van der Waals surface area (Å²) in [4.78, 5) is 30.7. The SMILES string of the molecule is Cc1nccc(N2CCCCC2c2cc(=O)n3ccnc3[nH]2)n1. The van der Waals surface area contributed by atoms with E-state index in [1.807, 2.05) is 13.0 Å². The molecule has 3 aromatic rings. The lowest BCUT2D eigenvalue weighted by Gasteiger charge is -2.36. The zero-order valence-electron chi connectivity index (χ0n) is 12.9. The lowest BCUT2D eigenvalue weighted by molar-refractivity contribution is 0.461. The molecule has 0 aromatic carbocycles. The Hall–Kier alpha value is -2.70. The Kier molecular flexibility index (Phi) is 3.33. The minimum Gasteiger partial charge on any atom is -0.348 e. The molecule has 3 aromatic heterocycles. The number of imidazole rings is 1. The Bertz CT molecular complexity index is 899. The summed E-state index contributed by atoms with van der Waals surface area (Å²) in [6.07, 6.45) is 8.32. The van der Waals surface area contributed by atoms with Crippen LogP contribution in [0.5, 0.6) is 0 Å². The van der Waals surface area contributed by atoms with E-state index in [4.69, 9.17) is 0 Å². The topological polar surface area (TPSA) is 79.2 Å². The highest BCUT2D eigenvalue weighted by Crippen LogP contribution is 2.32. The van der Waals surface area contributed by atoms with Gasteiger partial charge in [0.05, 0.1) is 6.04 Å². The Balaban J connectivity index is 1.78. The second-order valence-electron chi connectivity index (χ2n) is 5.85. The highest BCUT2D eigenvalue weighted by atomic mass is 16.1. The number of nitrogens with zero attached hydrogens (tertiary/aromatic N) is 5. The van der Waals surface area contributed by atoms with Crippen molar-refractivity contribution < 1.29 is 0 Å². The molecule has 1 saturated heterocycles. The van der Waals surface area contributed by atoms with Crippen molar-refractivity contribution in [1.82, 2.24) is 24.3 Å². The first-order valence-electron chi connectivity index (χ1n) is 7.85. The van der Waals surface area contributed by atoms with Gasteiger partial charge in [-0.25, -0.2) is 15.0 Å². The van der Waals surface area contributed by atoms with Gasteiger partial charge >= 0.3 is 0 Å². The molecule has 4 rings (SSSR count). The van der Waals surface area contributed by atoms with Gasteiger partial charge in [0.2, 0.25) is 5.78 Å². The standard InChI is InChI=1S/C16H18N6O/c1-11-17-6-5-14(19-11)21-8-3-2-4-13(21)12-10-15(23)22-9-7-18-16(22)20-12/h5-7,9-10,13H,2-4,8H2,1H3,(H,18,20). The van der Waals surface area contributed by atoms with Crippen LogP contribution in [0.2, 0.25) is 0 Å². The fourth-order valence-corrected chi connectivity index (χ4v) is 3.25. The van der Waals surface area contributed by atoms with Crippen molar-refractivity contribution >= 4 is 11.6 Å². The largest absolute Gasteiger partial charge is 0.348 e. The van der Waals surface area contributed by atoms with Gasteiger partial charge in [0.15, 0.2) is 0 Å². The van der Waals surface area contributed by atoms with Crippen molar-refractivity contribution in [2.75, 3.05) is 11.4 Å². The van der Waals surface area contributed by atoms with Gasteiger partial charge in [0, 0.05) is 36.9 Å². The second kappa shape index (κ2) is 5.49. The van der Waals surface area contributed by atoms with E-state index in [0.29, 0.717) is 5.78 Å². The number of H-pyrrole nitrogens is 1. The number of hydrogen-bond donors (Lipinski definition) is 1. The van der Waals surface area contributed by atoms with Crippen LogP contribution in [-0.4, -0.2) is 30.9 Å². The third-order valence-corrected chi connectivity index (χ3v) is 4.33. The summed E-state index contributed by atoms with van der Waals surface area (Å²) in [6, 6.07) is 3.70. The van der Waals surface area contributed by atoms with Gasteiger partial charge < -0.3 is 9.88 Å². The Morgan fingerprint density at radius 1 is 1.26 bits per heavy atom. The average Bonchev–Trinajstić information content (AvgIpc) is 3.04. The van der Waals surface area contributed by atoms with Crippen molar-refractivity contribution in [1.29, 1.82) is 0 Å². The number of fused-ring (bicyclic) bond motifs is 1. The molecule has 0 bridgehead atoms. The van der Waals surface area contributed by atoms with Crippen LogP contribution in [0.1, 0.15) is 36.8 Å². The van der Waals surface area contributed by atoms with E-state index in [9.17, 15) is 4.79 Å². The predicted molar refractivity (Wildman–Crippen MR) is 86.5 cm³/mol. The fourth-order valence-electron chi connectivity index (χ4n) is 3.25. The summed E-state index contributed by atoms with van der Waals surface area (Å²) < 4.78 is 1.52. The maximum atomic E-state index is 12.3. The molecule has 4 heterocycles. The van der Waals surface area contributed by atoms with Gasteiger partial charge in [0.1, 0.15) is 11.6 Å². The molecule has 7 nitrogen and oxygen atoms in total. The molecule has 0 aliphatic carbocycles. The van der Waals surface area contributed by atoms with Crippen LogP contribution in [0.3, 0.4) is 0 Å². The number of hydrogen-bond acceptors (Lipinski definition) is 5. The van der Waals surface area contributed by atoms with E-state index in [0.717, 1.165) is 43.1 Å². The van der Waals surface area contributed by atoms with Gasteiger partial charge in [-0.2, -0.15) is 0 Å². The summed E-state index contributed by atoms with van der Waals surface area (Å²) in [6.45, 7) is 2.81. The zero-order chi connectivity index (χ0) is 15.8. The number of piperidine rings is 1. The van der Waals surface area contributed by atoms with Gasteiger partial charge in [-0.1, -0.05) is 0 Å². The lowest BCUT2D eigenvalue weighted by atomic mass is 9.99. The van der Waals surface area contributed by atoms with Gasteiger partial charge in [-0.05, 0) is 32.3 Å². The van der Waals surface area contributed by atoms with Crippen LogP contribution >= 0.6 is 0 Å². The highest BCUT2D eigenvalue weighted by Gasteiger charge is 2.26. The normalized spacial score (nSPS) is 18.5. The number of aryl methyl sites for hydroxylation is 1. The van der Waals surface area contributed by atoms with Crippen LogP contribution in [0.4, 0.5) is 5.82 Å².